The molecule has 0 fully saturated rings. The van der Waals surface area contributed by atoms with Crippen LogP contribution in [0.15, 0.2) is 60.7 Å². The lowest BCUT2D eigenvalue weighted by atomic mass is 10.1. The highest BCUT2D eigenvalue weighted by Crippen LogP contribution is 2.22. The van der Waals surface area contributed by atoms with Gasteiger partial charge in [0.15, 0.2) is 0 Å². The molecule has 26 heavy (non-hydrogen) atoms. The Bertz CT molecular complexity index is 914. The summed E-state index contributed by atoms with van der Waals surface area (Å²) in [5, 5.41) is 2.34. The molecule has 3 rings (SSSR count). The minimum Gasteiger partial charge on any atom is -0.494 e. The van der Waals surface area contributed by atoms with Crippen molar-refractivity contribution in [2.45, 2.75) is 26.7 Å². The van der Waals surface area contributed by atoms with E-state index < -0.39 is 0 Å². The highest BCUT2D eigenvalue weighted by molar-refractivity contribution is 5.85. The van der Waals surface area contributed by atoms with Crippen LogP contribution in [0.5, 0.6) is 11.5 Å². The number of ether oxygens (including phenoxy) is 2. The summed E-state index contributed by atoms with van der Waals surface area (Å²) < 4.78 is 11.2. The lowest BCUT2D eigenvalue weighted by Crippen LogP contribution is -1.96. The van der Waals surface area contributed by atoms with Gasteiger partial charge in [-0.25, -0.2) is 0 Å². The van der Waals surface area contributed by atoms with E-state index in [1.807, 2.05) is 37.3 Å². The number of unbranched alkanes of at least 4 members (excludes halogenated alkanes) is 1. The van der Waals surface area contributed by atoms with Crippen molar-refractivity contribution in [3.8, 4) is 23.3 Å². The molecular weight excluding hydrogens is 320 g/mol. The van der Waals surface area contributed by atoms with Crippen LogP contribution >= 0.6 is 0 Å². The maximum atomic E-state index is 5.78. The van der Waals surface area contributed by atoms with Crippen molar-refractivity contribution < 1.29 is 9.47 Å². The van der Waals surface area contributed by atoms with Crippen molar-refractivity contribution in [1.29, 1.82) is 0 Å². The summed E-state index contributed by atoms with van der Waals surface area (Å²) >= 11 is 0. The fourth-order valence-corrected chi connectivity index (χ4v) is 2.67. The zero-order valence-electron chi connectivity index (χ0n) is 15.4. The second-order valence-electron chi connectivity index (χ2n) is 6.13. The van der Waals surface area contributed by atoms with Crippen LogP contribution in [0.2, 0.25) is 0 Å². The van der Waals surface area contributed by atoms with E-state index in [-0.39, 0.29) is 0 Å². The van der Waals surface area contributed by atoms with Gasteiger partial charge in [0.25, 0.3) is 0 Å². The van der Waals surface area contributed by atoms with Gasteiger partial charge in [-0.3, -0.25) is 0 Å². The van der Waals surface area contributed by atoms with E-state index >= 15 is 0 Å². The molecule has 0 radical (unpaired) electrons. The first kappa shape index (κ1) is 17.9. The Morgan fingerprint density at radius 3 is 2.12 bits per heavy atom. The fraction of sp³-hybridized carbons (Fsp3) is 0.250. The van der Waals surface area contributed by atoms with Gasteiger partial charge in [0.1, 0.15) is 11.5 Å². The largest absolute Gasteiger partial charge is 0.494 e. The molecule has 132 valence electrons. The van der Waals surface area contributed by atoms with Gasteiger partial charge in [-0.2, -0.15) is 0 Å². The number of rotatable bonds is 6. The lowest BCUT2D eigenvalue weighted by molar-refractivity contribution is 0.310. The third-order valence-corrected chi connectivity index (χ3v) is 4.09. The Morgan fingerprint density at radius 1 is 0.692 bits per heavy atom. The van der Waals surface area contributed by atoms with Gasteiger partial charge < -0.3 is 9.47 Å². The zero-order chi connectivity index (χ0) is 18.2. The van der Waals surface area contributed by atoms with Crippen LogP contribution in [-0.2, 0) is 0 Å². The quantitative estimate of drug-likeness (QED) is 0.414. The SMILES string of the molecule is CCCCOc1ccc2cc(C#Cc3ccc(OCC)cc3)ccc2c1. The molecule has 0 bridgehead atoms. The second kappa shape index (κ2) is 8.97. The van der Waals surface area contributed by atoms with Crippen LogP contribution < -0.4 is 9.47 Å². The van der Waals surface area contributed by atoms with Crippen LogP contribution in [0.1, 0.15) is 37.8 Å². The first-order valence-corrected chi connectivity index (χ1v) is 9.20. The van der Waals surface area contributed by atoms with Crippen molar-refractivity contribution in [1.82, 2.24) is 0 Å². The molecule has 0 saturated carbocycles. The van der Waals surface area contributed by atoms with E-state index in [9.17, 15) is 0 Å². The molecular formula is C24H24O2. The smallest absolute Gasteiger partial charge is 0.119 e. The van der Waals surface area contributed by atoms with Crippen LogP contribution in [-0.4, -0.2) is 13.2 Å². The van der Waals surface area contributed by atoms with Crippen LogP contribution in [0.25, 0.3) is 10.8 Å². The number of hydrogen-bond acceptors (Lipinski definition) is 2. The Labute approximate surface area is 155 Å². The van der Waals surface area contributed by atoms with Crippen LogP contribution in [0.3, 0.4) is 0 Å². The molecule has 0 unspecified atom stereocenters. The van der Waals surface area contributed by atoms with E-state index in [2.05, 4.69) is 49.1 Å². The predicted octanol–water partition coefficient (Wildman–Crippen LogP) is 5.82. The highest BCUT2D eigenvalue weighted by Gasteiger charge is 1.99. The maximum absolute atomic E-state index is 5.78. The monoisotopic (exact) mass is 344 g/mol. The van der Waals surface area contributed by atoms with E-state index in [4.69, 9.17) is 9.47 Å². The van der Waals surface area contributed by atoms with Crippen molar-refractivity contribution in [2.24, 2.45) is 0 Å². The summed E-state index contributed by atoms with van der Waals surface area (Å²) in [7, 11) is 0. The number of hydrogen-bond donors (Lipinski definition) is 0. The Balaban J connectivity index is 1.74. The van der Waals surface area contributed by atoms with Gasteiger partial charge in [-0.1, -0.05) is 37.3 Å². The summed E-state index contributed by atoms with van der Waals surface area (Å²) in [6.07, 6.45) is 2.22. The summed E-state index contributed by atoms with van der Waals surface area (Å²) in [4.78, 5) is 0. The molecule has 0 saturated heterocycles. The summed E-state index contributed by atoms with van der Waals surface area (Å²) in [6.45, 7) is 5.59. The van der Waals surface area contributed by atoms with E-state index in [0.717, 1.165) is 42.1 Å². The van der Waals surface area contributed by atoms with Crippen molar-refractivity contribution in [3.63, 3.8) is 0 Å². The molecule has 0 aliphatic heterocycles. The molecule has 2 heteroatoms. The average Bonchev–Trinajstić information content (AvgIpc) is 2.68. The first-order valence-electron chi connectivity index (χ1n) is 9.20. The third kappa shape index (κ3) is 4.80. The standard InChI is InChI=1S/C24H24O2/c1-3-5-16-26-24-15-12-21-17-20(8-11-22(21)18-24)7-6-19-9-13-23(14-10-19)25-4-2/h8-15,17-18H,3-5,16H2,1-2H3. The normalized spacial score (nSPS) is 10.2. The molecule has 0 aliphatic carbocycles. The van der Waals surface area contributed by atoms with Gasteiger partial charge in [0.05, 0.1) is 13.2 Å². The van der Waals surface area contributed by atoms with Gasteiger partial charge in [0.2, 0.25) is 0 Å². The lowest BCUT2D eigenvalue weighted by Gasteiger charge is -2.06. The topological polar surface area (TPSA) is 18.5 Å². The molecule has 0 aromatic heterocycles. The van der Waals surface area contributed by atoms with Gasteiger partial charge in [0, 0.05) is 11.1 Å². The van der Waals surface area contributed by atoms with E-state index in [1.165, 1.54) is 10.8 Å². The van der Waals surface area contributed by atoms with Crippen molar-refractivity contribution >= 4 is 10.8 Å². The number of benzene rings is 3. The third-order valence-electron chi connectivity index (χ3n) is 4.09. The Hall–Kier alpha value is -2.92. The van der Waals surface area contributed by atoms with Crippen LogP contribution in [0, 0.1) is 11.8 Å². The minimum atomic E-state index is 0.674. The molecule has 3 aromatic rings. The van der Waals surface area contributed by atoms with E-state index in [0.29, 0.717) is 6.61 Å². The first-order chi connectivity index (χ1) is 12.8. The summed E-state index contributed by atoms with van der Waals surface area (Å²) in [5.74, 6) is 8.25. The Kier molecular flexibility index (Phi) is 6.17. The minimum absolute atomic E-state index is 0.674. The summed E-state index contributed by atoms with van der Waals surface area (Å²) in [6, 6.07) is 20.4. The molecule has 0 amide bonds. The van der Waals surface area contributed by atoms with Crippen molar-refractivity contribution in [3.05, 3.63) is 71.8 Å². The van der Waals surface area contributed by atoms with Crippen LogP contribution in [0.4, 0.5) is 0 Å². The molecule has 0 heterocycles. The predicted molar refractivity (Wildman–Crippen MR) is 108 cm³/mol. The van der Waals surface area contributed by atoms with Crippen molar-refractivity contribution in [2.75, 3.05) is 13.2 Å². The maximum Gasteiger partial charge on any atom is 0.119 e. The molecule has 0 atom stereocenters. The van der Waals surface area contributed by atoms with Gasteiger partial charge >= 0.3 is 0 Å². The molecule has 0 N–H and O–H groups in total. The zero-order valence-corrected chi connectivity index (χ0v) is 15.4. The van der Waals surface area contributed by atoms with Gasteiger partial charge in [-0.15, -0.1) is 0 Å². The van der Waals surface area contributed by atoms with E-state index in [1.54, 1.807) is 0 Å². The van der Waals surface area contributed by atoms with Gasteiger partial charge in [-0.05, 0) is 72.6 Å². The molecule has 0 aliphatic rings. The molecule has 2 nitrogen and oxygen atoms in total. The number of fused-ring (bicyclic) bond motifs is 1. The Morgan fingerprint density at radius 2 is 1.35 bits per heavy atom. The highest BCUT2D eigenvalue weighted by atomic mass is 16.5. The molecule has 3 aromatic carbocycles. The average molecular weight is 344 g/mol. The molecule has 0 spiro atoms. The fourth-order valence-electron chi connectivity index (χ4n) is 2.67. The summed E-state index contributed by atoms with van der Waals surface area (Å²) in [5.41, 5.74) is 1.99. The second-order valence-corrected chi connectivity index (χ2v) is 6.13.